The summed E-state index contributed by atoms with van der Waals surface area (Å²) >= 11 is 1.69. The average Bonchev–Trinajstić information content (AvgIpc) is 2.79. The molecule has 0 atom stereocenters. The SMILES string of the molecule is C=CCn1c2cc(C)sc2c2cn[nH]c(=O)c21. The summed E-state index contributed by atoms with van der Waals surface area (Å²) in [5.74, 6) is 0. The van der Waals surface area contributed by atoms with Crippen molar-refractivity contribution in [2.24, 2.45) is 0 Å². The lowest BCUT2D eigenvalue weighted by Gasteiger charge is -2.00. The Morgan fingerprint density at radius 1 is 1.65 bits per heavy atom. The monoisotopic (exact) mass is 245 g/mol. The van der Waals surface area contributed by atoms with Crippen LogP contribution in [0.2, 0.25) is 0 Å². The lowest BCUT2D eigenvalue weighted by Crippen LogP contribution is -2.11. The van der Waals surface area contributed by atoms with Gasteiger partial charge < -0.3 is 4.57 Å². The van der Waals surface area contributed by atoms with Gasteiger partial charge in [0.1, 0.15) is 5.52 Å². The third-order valence-corrected chi connectivity index (χ3v) is 3.86. The first-order chi connectivity index (χ1) is 8.22. The molecule has 5 heteroatoms. The van der Waals surface area contributed by atoms with E-state index in [1.165, 1.54) is 4.88 Å². The second kappa shape index (κ2) is 3.56. The number of allylic oxidation sites excluding steroid dienone is 1. The van der Waals surface area contributed by atoms with Gasteiger partial charge in [0.15, 0.2) is 0 Å². The van der Waals surface area contributed by atoms with Crippen molar-refractivity contribution in [3.05, 3.63) is 40.1 Å². The summed E-state index contributed by atoms with van der Waals surface area (Å²) < 4.78 is 3.11. The topological polar surface area (TPSA) is 50.7 Å². The lowest BCUT2D eigenvalue weighted by molar-refractivity contribution is 0.883. The van der Waals surface area contributed by atoms with E-state index in [4.69, 9.17) is 0 Å². The summed E-state index contributed by atoms with van der Waals surface area (Å²) in [7, 11) is 0. The summed E-state index contributed by atoms with van der Waals surface area (Å²) in [6.45, 7) is 6.43. The van der Waals surface area contributed by atoms with E-state index in [1.807, 2.05) is 4.57 Å². The number of aromatic amines is 1. The molecule has 3 aromatic heterocycles. The van der Waals surface area contributed by atoms with Gasteiger partial charge in [0, 0.05) is 16.8 Å². The zero-order chi connectivity index (χ0) is 12.0. The molecule has 3 aromatic rings. The molecular weight excluding hydrogens is 234 g/mol. The van der Waals surface area contributed by atoms with Crippen LogP contribution in [0.1, 0.15) is 4.88 Å². The highest BCUT2D eigenvalue weighted by atomic mass is 32.1. The van der Waals surface area contributed by atoms with E-state index in [9.17, 15) is 4.79 Å². The van der Waals surface area contributed by atoms with Gasteiger partial charge in [0.05, 0.1) is 16.4 Å². The van der Waals surface area contributed by atoms with Gasteiger partial charge in [-0.3, -0.25) is 4.79 Å². The van der Waals surface area contributed by atoms with Crippen LogP contribution in [0.4, 0.5) is 0 Å². The predicted molar refractivity (Wildman–Crippen MR) is 70.7 cm³/mol. The van der Waals surface area contributed by atoms with E-state index >= 15 is 0 Å². The fourth-order valence-electron chi connectivity index (χ4n) is 2.16. The highest BCUT2D eigenvalue weighted by molar-refractivity contribution is 7.20. The highest BCUT2D eigenvalue weighted by Gasteiger charge is 2.14. The molecule has 0 radical (unpaired) electrons. The number of thiophene rings is 1. The smallest absolute Gasteiger partial charge is 0.288 e. The van der Waals surface area contributed by atoms with Crippen molar-refractivity contribution in [2.75, 3.05) is 0 Å². The molecule has 86 valence electrons. The zero-order valence-electron chi connectivity index (χ0n) is 9.36. The predicted octanol–water partition coefficient (Wildman–Crippen LogP) is 2.43. The van der Waals surface area contributed by atoms with Crippen LogP contribution >= 0.6 is 11.3 Å². The molecule has 0 saturated heterocycles. The Balaban J connectivity index is 2.59. The fourth-order valence-corrected chi connectivity index (χ4v) is 3.19. The minimum absolute atomic E-state index is 0.148. The fraction of sp³-hybridized carbons (Fsp3) is 0.167. The van der Waals surface area contributed by atoms with Crippen LogP contribution in [0.15, 0.2) is 29.7 Å². The number of H-pyrrole nitrogens is 1. The molecule has 1 N–H and O–H groups in total. The maximum Gasteiger partial charge on any atom is 0.288 e. The van der Waals surface area contributed by atoms with Gasteiger partial charge in [-0.05, 0) is 13.0 Å². The number of aryl methyl sites for hydroxylation is 1. The quantitative estimate of drug-likeness (QED) is 0.705. The summed E-state index contributed by atoms with van der Waals surface area (Å²) in [6, 6.07) is 2.10. The van der Waals surface area contributed by atoms with Crippen LogP contribution in [0, 0.1) is 6.92 Å². The van der Waals surface area contributed by atoms with Crippen LogP contribution in [0.3, 0.4) is 0 Å². The van der Waals surface area contributed by atoms with Gasteiger partial charge in [-0.15, -0.1) is 17.9 Å². The molecule has 0 amide bonds. The molecule has 0 fully saturated rings. The third kappa shape index (κ3) is 1.36. The summed E-state index contributed by atoms with van der Waals surface area (Å²) in [4.78, 5) is 13.1. The van der Waals surface area contributed by atoms with E-state index in [0.29, 0.717) is 12.1 Å². The summed E-state index contributed by atoms with van der Waals surface area (Å²) in [5.41, 5.74) is 1.62. The van der Waals surface area contributed by atoms with Gasteiger partial charge >= 0.3 is 0 Å². The Bertz CT molecular complexity index is 778. The van der Waals surface area contributed by atoms with Crippen LogP contribution in [0.25, 0.3) is 21.1 Å². The van der Waals surface area contributed by atoms with Crippen LogP contribution in [-0.2, 0) is 6.54 Å². The molecular formula is C12H11N3OS. The minimum Gasteiger partial charge on any atom is -0.331 e. The maximum atomic E-state index is 11.9. The molecule has 4 nitrogen and oxygen atoms in total. The molecule has 3 rings (SSSR count). The molecule has 0 aliphatic carbocycles. The molecule has 3 heterocycles. The van der Waals surface area contributed by atoms with E-state index in [1.54, 1.807) is 23.6 Å². The number of nitrogens with zero attached hydrogens (tertiary/aromatic N) is 2. The molecule has 0 spiro atoms. The maximum absolute atomic E-state index is 11.9. The van der Waals surface area contributed by atoms with Crippen LogP contribution in [0.5, 0.6) is 0 Å². The van der Waals surface area contributed by atoms with Crippen molar-refractivity contribution >= 4 is 32.5 Å². The van der Waals surface area contributed by atoms with Crippen LogP contribution < -0.4 is 5.56 Å². The number of rotatable bonds is 2. The standard InChI is InChI=1S/C12H11N3OS/c1-3-4-15-9-5-7(2)17-11(9)8-6-13-14-12(16)10(8)15/h3,5-6H,1,4H2,2H3,(H,14,16). The lowest BCUT2D eigenvalue weighted by atomic mass is 10.3. The van der Waals surface area contributed by atoms with Crippen molar-refractivity contribution in [1.82, 2.24) is 14.8 Å². The second-order valence-electron chi connectivity index (χ2n) is 3.93. The normalized spacial score (nSPS) is 11.4. The Morgan fingerprint density at radius 2 is 2.47 bits per heavy atom. The second-order valence-corrected chi connectivity index (χ2v) is 5.19. The first kappa shape index (κ1) is 10.3. The molecule has 0 aliphatic rings. The Kier molecular flexibility index (Phi) is 2.16. The zero-order valence-corrected chi connectivity index (χ0v) is 10.2. The Labute approximate surface area is 101 Å². The Morgan fingerprint density at radius 3 is 3.24 bits per heavy atom. The van der Waals surface area contributed by atoms with Crippen molar-refractivity contribution in [2.45, 2.75) is 13.5 Å². The Hall–Kier alpha value is -1.88. The third-order valence-electron chi connectivity index (χ3n) is 2.78. The highest BCUT2D eigenvalue weighted by Crippen LogP contribution is 2.33. The van der Waals surface area contributed by atoms with Crippen LogP contribution in [-0.4, -0.2) is 14.8 Å². The summed E-state index contributed by atoms with van der Waals surface area (Å²) in [6.07, 6.45) is 3.51. The first-order valence-corrected chi connectivity index (χ1v) is 6.11. The number of aromatic nitrogens is 3. The molecule has 0 aromatic carbocycles. The van der Waals surface area contributed by atoms with E-state index in [2.05, 4.69) is 29.8 Å². The van der Waals surface area contributed by atoms with E-state index in [-0.39, 0.29) is 5.56 Å². The van der Waals surface area contributed by atoms with Gasteiger partial charge in [-0.2, -0.15) is 5.10 Å². The molecule has 0 saturated carbocycles. The summed E-state index contributed by atoms with van der Waals surface area (Å²) in [5, 5.41) is 7.28. The van der Waals surface area contributed by atoms with Crippen molar-refractivity contribution in [1.29, 1.82) is 0 Å². The van der Waals surface area contributed by atoms with Gasteiger partial charge in [0.2, 0.25) is 0 Å². The van der Waals surface area contributed by atoms with Crippen molar-refractivity contribution in [3.63, 3.8) is 0 Å². The molecule has 17 heavy (non-hydrogen) atoms. The first-order valence-electron chi connectivity index (χ1n) is 5.29. The van der Waals surface area contributed by atoms with E-state index < -0.39 is 0 Å². The average molecular weight is 245 g/mol. The van der Waals surface area contributed by atoms with Crippen molar-refractivity contribution < 1.29 is 0 Å². The van der Waals surface area contributed by atoms with Gasteiger partial charge in [-0.1, -0.05) is 6.08 Å². The van der Waals surface area contributed by atoms with Gasteiger partial charge in [-0.25, -0.2) is 5.10 Å². The number of hydrogen-bond acceptors (Lipinski definition) is 3. The van der Waals surface area contributed by atoms with Crippen molar-refractivity contribution in [3.8, 4) is 0 Å². The number of fused-ring (bicyclic) bond motifs is 3. The number of hydrogen-bond donors (Lipinski definition) is 1. The number of nitrogens with one attached hydrogen (secondary N) is 1. The molecule has 0 bridgehead atoms. The largest absolute Gasteiger partial charge is 0.331 e. The van der Waals surface area contributed by atoms with Gasteiger partial charge in [0.25, 0.3) is 5.56 Å². The minimum atomic E-state index is -0.148. The van der Waals surface area contributed by atoms with E-state index in [0.717, 1.165) is 15.6 Å². The molecule has 0 aliphatic heterocycles. The molecule has 0 unspecified atom stereocenters.